The molecule has 0 aromatic carbocycles. The normalized spacial score (nSPS) is 15.1. The van der Waals surface area contributed by atoms with Crippen molar-refractivity contribution in [2.45, 2.75) is 70.7 Å². The first kappa shape index (κ1) is 21.2. The maximum atomic E-state index is 12.9. The monoisotopic (exact) mass is 473 g/mol. The van der Waals surface area contributed by atoms with Gasteiger partial charge in [0.25, 0.3) is 5.56 Å². The highest BCUT2D eigenvalue weighted by Crippen LogP contribution is 2.35. The quantitative estimate of drug-likeness (QED) is 0.540. The largest absolute Gasteiger partial charge is 0.334 e. The zero-order valence-electron chi connectivity index (χ0n) is 18.0. The molecule has 0 spiro atoms. The second kappa shape index (κ2) is 8.71. The molecule has 3 aromatic heterocycles. The predicted octanol–water partition coefficient (Wildman–Crippen LogP) is 4.69. The summed E-state index contributed by atoms with van der Waals surface area (Å²) in [5.74, 6) is 1.75. The zero-order valence-corrected chi connectivity index (χ0v) is 20.4. The summed E-state index contributed by atoms with van der Waals surface area (Å²) in [6.45, 7) is 4.84. The first-order valence-electron chi connectivity index (χ1n) is 11.0. The van der Waals surface area contributed by atoms with Crippen LogP contribution in [0.5, 0.6) is 0 Å². The van der Waals surface area contributed by atoms with Gasteiger partial charge < -0.3 is 9.88 Å². The van der Waals surface area contributed by atoms with Gasteiger partial charge in [0.15, 0.2) is 0 Å². The maximum absolute atomic E-state index is 12.9. The molecule has 2 aliphatic rings. The lowest BCUT2D eigenvalue weighted by Crippen LogP contribution is -2.37. The molecule has 0 aliphatic heterocycles. The number of aromatic amines is 1. The molecule has 0 radical (unpaired) electrons. The Labute approximate surface area is 194 Å². The molecule has 0 saturated heterocycles. The van der Waals surface area contributed by atoms with Crippen LogP contribution in [0.25, 0.3) is 10.2 Å². The lowest BCUT2D eigenvalue weighted by Gasteiger charge is -2.26. The average Bonchev–Trinajstić information content (AvgIpc) is 3.45. The van der Waals surface area contributed by atoms with Gasteiger partial charge in [-0.3, -0.25) is 9.59 Å². The van der Waals surface area contributed by atoms with Gasteiger partial charge in [-0.1, -0.05) is 0 Å². The molecule has 0 fully saturated rings. The Hall–Kier alpha value is -1.64. The number of thioether (sulfide) groups is 1. The number of thiophene rings is 2. The highest BCUT2D eigenvalue weighted by atomic mass is 32.2. The Balaban J connectivity index is 1.22. The van der Waals surface area contributed by atoms with Gasteiger partial charge in [-0.15, -0.1) is 34.4 Å². The molecular formula is C23H27N3O2S3. The van der Waals surface area contributed by atoms with Crippen LogP contribution in [0.15, 0.2) is 10.9 Å². The van der Waals surface area contributed by atoms with Crippen LogP contribution in [0.4, 0.5) is 0 Å². The molecule has 31 heavy (non-hydrogen) atoms. The van der Waals surface area contributed by atoms with E-state index in [1.807, 2.05) is 16.2 Å². The summed E-state index contributed by atoms with van der Waals surface area (Å²) >= 11 is 5.06. The first-order valence-corrected chi connectivity index (χ1v) is 13.8. The fraction of sp³-hybridized carbons (Fsp3) is 0.522. The number of nitrogens with one attached hydrogen (secondary N) is 1. The maximum Gasteiger partial charge on any atom is 0.259 e. The summed E-state index contributed by atoms with van der Waals surface area (Å²) in [5.41, 5.74) is 2.66. The fourth-order valence-electron chi connectivity index (χ4n) is 4.63. The molecule has 5 rings (SSSR count). The van der Waals surface area contributed by atoms with Gasteiger partial charge in [0.2, 0.25) is 5.91 Å². The van der Waals surface area contributed by atoms with E-state index in [1.165, 1.54) is 56.8 Å². The van der Waals surface area contributed by atoms with Crippen molar-refractivity contribution in [2.24, 2.45) is 0 Å². The summed E-state index contributed by atoms with van der Waals surface area (Å²) in [7, 11) is 0. The van der Waals surface area contributed by atoms with Crippen LogP contribution in [0, 0.1) is 0 Å². The third kappa shape index (κ3) is 4.22. The summed E-state index contributed by atoms with van der Waals surface area (Å²) in [6, 6.07) is 2.46. The van der Waals surface area contributed by atoms with E-state index < -0.39 is 0 Å². The number of rotatable bonds is 7. The minimum Gasteiger partial charge on any atom is -0.334 e. The topological polar surface area (TPSA) is 66.1 Å². The molecule has 3 aromatic rings. The number of carbonyl (C=O) groups excluding carboxylic acids is 1. The zero-order chi connectivity index (χ0) is 21.5. The standard InChI is InChI=1S/C23H27N3O2S3/c1-13(2)26(10-15-9-14-5-3-7-17(14)30-15)20(27)12-29-11-19-24-22(28)21-16-6-4-8-18(16)31-23(21)25-19/h9,13H,3-8,10-12H2,1-2H3,(H,24,25,28). The van der Waals surface area contributed by atoms with Crippen molar-refractivity contribution in [3.8, 4) is 0 Å². The van der Waals surface area contributed by atoms with E-state index in [1.54, 1.807) is 11.3 Å². The van der Waals surface area contributed by atoms with Crippen molar-refractivity contribution >= 4 is 50.6 Å². The molecule has 0 bridgehead atoms. The lowest BCUT2D eigenvalue weighted by molar-refractivity contribution is -0.130. The van der Waals surface area contributed by atoms with Crippen LogP contribution in [0.3, 0.4) is 0 Å². The number of hydrogen-bond donors (Lipinski definition) is 1. The van der Waals surface area contributed by atoms with Crippen molar-refractivity contribution in [3.63, 3.8) is 0 Å². The van der Waals surface area contributed by atoms with Crippen molar-refractivity contribution in [2.75, 3.05) is 5.75 Å². The van der Waals surface area contributed by atoms with Crippen LogP contribution >= 0.6 is 34.4 Å². The number of fused-ring (bicyclic) bond motifs is 4. The van der Waals surface area contributed by atoms with Gasteiger partial charge in [0.1, 0.15) is 10.7 Å². The van der Waals surface area contributed by atoms with Crippen LogP contribution in [0.2, 0.25) is 0 Å². The van der Waals surface area contributed by atoms with Gasteiger partial charge in [-0.2, -0.15) is 0 Å². The molecule has 164 valence electrons. The number of aromatic nitrogens is 2. The highest BCUT2D eigenvalue weighted by Gasteiger charge is 2.23. The third-order valence-electron chi connectivity index (χ3n) is 6.16. The number of hydrogen-bond acceptors (Lipinski definition) is 6. The SMILES string of the molecule is CC(C)N(Cc1cc2c(s1)CCC2)C(=O)CSCc1nc2sc3c(c2c(=O)[nH]1)CCC3. The Morgan fingerprint density at radius 3 is 2.81 bits per heavy atom. The summed E-state index contributed by atoms with van der Waals surface area (Å²) in [6.07, 6.45) is 6.82. The van der Waals surface area contributed by atoms with Crippen molar-refractivity contribution in [1.29, 1.82) is 0 Å². The molecule has 1 amide bonds. The second-order valence-corrected chi connectivity index (χ2v) is 12.0. The third-order valence-corrected chi connectivity index (χ3v) is 9.49. The number of nitrogens with zero attached hydrogens (tertiary/aromatic N) is 2. The summed E-state index contributed by atoms with van der Waals surface area (Å²) < 4.78 is 0. The van der Waals surface area contributed by atoms with Crippen LogP contribution in [-0.2, 0) is 42.8 Å². The Bertz CT molecular complexity index is 1170. The van der Waals surface area contributed by atoms with Crippen molar-refractivity contribution in [1.82, 2.24) is 14.9 Å². The lowest BCUT2D eigenvalue weighted by atomic mass is 10.2. The fourth-order valence-corrected chi connectivity index (χ4v) is 7.94. The Morgan fingerprint density at radius 2 is 2.00 bits per heavy atom. The van der Waals surface area contributed by atoms with Gasteiger partial charge in [-0.05, 0) is 69.6 Å². The molecule has 5 nitrogen and oxygen atoms in total. The number of carbonyl (C=O) groups is 1. The molecular weight excluding hydrogens is 446 g/mol. The van der Waals surface area contributed by atoms with Crippen LogP contribution < -0.4 is 5.56 Å². The van der Waals surface area contributed by atoms with Crippen LogP contribution in [0.1, 0.15) is 58.3 Å². The smallest absolute Gasteiger partial charge is 0.259 e. The number of H-pyrrole nitrogens is 1. The average molecular weight is 474 g/mol. The molecule has 0 saturated carbocycles. The van der Waals surface area contributed by atoms with E-state index in [0.717, 1.165) is 29.5 Å². The summed E-state index contributed by atoms with van der Waals surface area (Å²) in [5, 5.41) is 0.788. The van der Waals surface area contributed by atoms with Crippen molar-refractivity contribution in [3.05, 3.63) is 48.0 Å². The second-order valence-electron chi connectivity index (χ2n) is 8.67. The molecule has 8 heteroatoms. The van der Waals surface area contributed by atoms with Gasteiger partial charge in [0, 0.05) is 20.7 Å². The van der Waals surface area contributed by atoms with Gasteiger partial charge in [0.05, 0.1) is 23.4 Å². The summed E-state index contributed by atoms with van der Waals surface area (Å²) in [4.78, 5) is 40.1. The minimum atomic E-state index is -0.0270. The predicted molar refractivity (Wildman–Crippen MR) is 130 cm³/mol. The Morgan fingerprint density at radius 1 is 1.19 bits per heavy atom. The van der Waals surface area contributed by atoms with E-state index in [2.05, 4.69) is 24.9 Å². The number of amides is 1. The molecule has 2 aliphatic carbocycles. The van der Waals surface area contributed by atoms with E-state index in [4.69, 9.17) is 4.98 Å². The molecule has 1 N–H and O–H groups in total. The van der Waals surface area contributed by atoms with E-state index in [-0.39, 0.29) is 17.5 Å². The van der Waals surface area contributed by atoms with E-state index in [9.17, 15) is 9.59 Å². The van der Waals surface area contributed by atoms with E-state index >= 15 is 0 Å². The molecule has 0 unspecified atom stereocenters. The Kier molecular flexibility index (Phi) is 5.96. The van der Waals surface area contributed by atoms with Crippen molar-refractivity contribution < 1.29 is 4.79 Å². The number of aryl methyl sites for hydroxylation is 4. The van der Waals surface area contributed by atoms with E-state index in [0.29, 0.717) is 23.9 Å². The van der Waals surface area contributed by atoms with Gasteiger partial charge in [-0.25, -0.2) is 4.98 Å². The molecule has 3 heterocycles. The van der Waals surface area contributed by atoms with Crippen LogP contribution in [-0.4, -0.2) is 32.6 Å². The molecule has 0 atom stereocenters. The highest BCUT2D eigenvalue weighted by molar-refractivity contribution is 7.99. The minimum absolute atomic E-state index is 0.0270. The first-order chi connectivity index (χ1) is 15.0. The van der Waals surface area contributed by atoms with Gasteiger partial charge >= 0.3 is 0 Å².